The van der Waals surface area contributed by atoms with Crippen molar-refractivity contribution < 1.29 is 14.6 Å². The van der Waals surface area contributed by atoms with Crippen LogP contribution in [0.15, 0.2) is 12.7 Å². The van der Waals surface area contributed by atoms with Gasteiger partial charge in [-0.15, -0.1) is 6.58 Å². The fraction of sp³-hybridized carbons (Fsp3) is 0.727. The summed E-state index contributed by atoms with van der Waals surface area (Å²) in [5.41, 5.74) is 0. The van der Waals surface area contributed by atoms with Gasteiger partial charge in [0.1, 0.15) is 0 Å². The van der Waals surface area contributed by atoms with Gasteiger partial charge in [0.25, 0.3) is 0 Å². The molecular formula is C11H19NO3. The molecule has 0 saturated carbocycles. The minimum absolute atomic E-state index is 0.0273. The van der Waals surface area contributed by atoms with Crippen LogP contribution in [0.4, 0.5) is 4.79 Å². The molecule has 1 aliphatic heterocycles. The SMILES string of the molecule is C=C[C@H](C)[C@@H](OC)[C@@H]1CCCN1C(=O)O. The van der Waals surface area contributed by atoms with Gasteiger partial charge in [0.2, 0.25) is 0 Å². The highest BCUT2D eigenvalue weighted by Crippen LogP contribution is 2.26. The van der Waals surface area contributed by atoms with E-state index in [2.05, 4.69) is 6.58 Å². The summed E-state index contributed by atoms with van der Waals surface area (Å²) in [6.07, 6.45) is 2.67. The number of carbonyl (C=O) groups is 1. The molecule has 0 aromatic rings. The summed E-state index contributed by atoms with van der Waals surface area (Å²) in [5.74, 6) is 0.167. The molecule has 1 heterocycles. The first-order valence-electron chi connectivity index (χ1n) is 5.26. The number of carboxylic acid groups (broad SMARTS) is 1. The maximum Gasteiger partial charge on any atom is 0.407 e. The quantitative estimate of drug-likeness (QED) is 0.726. The molecule has 1 aliphatic rings. The Bertz CT molecular complexity index is 242. The van der Waals surface area contributed by atoms with Gasteiger partial charge in [0.05, 0.1) is 12.1 Å². The molecular weight excluding hydrogens is 194 g/mol. The van der Waals surface area contributed by atoms with Crippen molar-refractivity contribution in [3.8, 4) is 0 Å². The lowest BCUT2D eigenvalue weighted by Gasteiger charge is -2.31. The maximum atomic E-state index is 11.0. The molecule has 1 rings (SSSR count). The molecule has 0 radical (unpaired) electrons. The van der Waals surface area contributed by atoms with Crippen molar-refractivity contribution >= 4 is 6.09 Å². The Morgan fingerprint density at radius 2 is 2.40 bits per heavy atom. The first-order chi connectivity index (χ1) is 7.11. The zero-order valence-corrected chi connectivity index (χ0v) is 9.35. The van der Waals surface area contributed by atoms with E-state index in [1.165, 1.54) is 4.90 Å². The van der Waals surface area contributed by atoms with Gasteiger partial charge in [-0.05, 0) is 12.8 Å². The standard InChI is InChI=1S/C11H19NO3/c1-4-8(2)10(15-3)9-6-5-7-12(9)11(13)14/h4,8-10H,1,5-7H2,2-3H3,(H,13,14)/t8-,9-,10+/m0/s1. The van der Waals surface area contributed by atoms with E-state index in [0.29, 0.717) is 6.54 Å². The lowest BCUT2D eigenvalue weighted by molar-refractivity contribution is 0.0117. The summed E-state index contributed by atoms with van der Waals surface area (Å²) < 4.78 is 5.39. The van der Waals surface area contributed by atoms with Crippen molar-refractivity contribution in [2.24, 2.45) is 5.92 Å². The summed E-state index contributed by atoms with van der Waals surface area (Å²) in [6.45, 7) is 6.34. The van der Waals surface area contributed by atoms with Gasteiger partial charge in [-0.2, -0.15) is 0 Å². The van der Waals surface area contributed by atoms with E-state index in [-0.39, 0.29) is 18.1 Å². The molecule has 0 aliphatic carbocycles. The molecule has 1 fully saturated rings. The predicted octanol–water partition coefficient (Wildman–Crippen LogP) is 1.97. The Kier molecular flexibility index (Phi) is 4.15. The van der Waals surface area contributed by atoms with Gasteiger partial charge in [0, 0.05) is 19.6 Å². The highest BCUT2D eigenvalue weighted by atomic mass is 16.5. The number of methoxy groups -OCH3 is 1. The lowest BCUT2D eigenvalue weighted by Crippen LogP contribution is -2.45. The summed E-state index contributed by atoms with van der Waals surface area (Å²) in [5, 5.41) is 9.03. The Morgan fingerprint density at radius 1 is 1.73 bits per heavy atom. The third kappa shape index (κ3) is 2.50. The minimum Gasteiger partial charge on any atom is -0.465 e. The van der Waals surface area contributed by atoms with Crippen LogP contribution < -0.4 is 0 Å². The molecule has 4 heteroatoms. The van der Waals surface area contributed by atoms with Crippen LogP contribution in [-0.4, -0.2) is 41.9 Å². The largest absolute Gasteiger partial charge is 0.465 e. The molecule has 0 spiro atoms. The van der Waals surface area contributed by atoms with E-state index in [1.807, 2.05) is 13.0 Å². The second-order valence-electron chi connectivity index (χ2n) is 3.98. The van der Waals surface area contributed by atoms with Crippen molar-refractivity contribution in [1.82, 2.24) is 4.90 Å². The number of hydrogen-bond acceptors (Lipinski definition) is 2. The van der Waals surface area contributed by atoms with Crippen LogP contribution in [0.2, 0.25) is 0 Å². The van der Waals surface area contributed by atoms with Crippen molar-refractivity contribution in [3.05, 3.63) is 12.7 Å². The van der Waals surface area contributed by atoms with Gasteiger partial charge < -0.3 is 14.7 Å². The summed E-state index contributed by atoms with van der Waals surface area (Å²) in [4.78, 5) is 12.5. The number of amides is 1. The van der Waals surface area contributed by atoms with E-state index in [1.54, 1.807) is 7.11 Å². The van der Waals surface area contributed by atoms with Gasteiger partial charge in [-0.3, -0.25) is 0 Å². The Labute approximate surface area is 90.5 Å². The number of hydrogen-bond donors (Lipinski definition) is 1. The van der Waals surface area contributed by atoms with Crippen molar-refractivity contribution in [2.75, 3.05) is 13.7 Å². The third-order valence-electron chi connectivity index (χ3n) is 3.09. The Morgan fingerprint density at radius 3 is 2.87 bits per heavy atom. The first-order valence-corrected chi connectivity index (χ1v) is 5.26. The van der Waals surface area contributed by atoms with Crippen LogP contribution in [0.25, 0.3) is 0 Å². The average molecular weight is 213 g/mol. The topological polar surface area (TPSA) is 49.8 Å². The van der Waals surface area contributed by atoms with Crippen LogP contribution in [0.5, 0.6) is 0 Å². The van der Waals surface area contributed by atoms with Crippen LogP contribution in [0, 0.1) is 5.92 Å². The molecule has 0 unspecified atom stereocenters. The van der Waals surface area contributed by atoms with Gasteiger partial charge in [-0.1, -0.05) is 13.0 Å². The first kappa shape index (κ1) is 12.0. The number of likely N-dealkylation sites (tertiary alicyclic amines) is 1. The van der Waals surface area contributed by atoms with E-state index in [0.717, 1.165) is 12.8 Å². The minimum atomic E-state index is -0.851. The fourth-order valence-electron chi connectivity index (χ4n) is 2.23. The average Bonchev–Trinajstić information content (AvgIpc) is 2.67. The molecule has 1 saturated heterocycles. The van der Waals surface area contributed by atoms with Crippen molar-refractivity contribution in [1.29, 1.82) is 0 Å². The summed E-state index contributed by atoms with van der Waals surface area (Å²) in [6, 6.07) is -0.0273. The van der Waals surface area contributed by atoms with E-state index in [9.17, 15) is 4.79 Å². The Balaban J connectivity index is 2.74. The van der Waals surface area contributed by atoms with Gasteiger partial charge in [-0.25, -0.2) is 4.79 Å². The van der Waals surface area contributed by atoms with Gasteiger partial charge >= 0.3 is 6.09 Å². The maximum absolute atomic E-state index is 11.0. The molecule has 86 valence electrons. The van der Waals surface area contributed by atoms with Crippen LogP contribution >= 0.6 is 0 Å². The van der Waals surface area contributed by atoms with E-state index < -0.39 is 6.09 Å². The summed E-state index contributed by atoms with van der Waals surface area (Å²) in [7, 11) is 1.63. The highest BCUT2D eigenvalue weighted by Gasteiger charge is 2.36. The molecule has 0 aromatic heterocycles. The molecule has 15 heavy (non-hydrogen) atoms. The monoisotopic (exact) mass is 213 g/mol. The van der Waals surface area contributed by atoms with Crippen molar-refractivity contribution in [3.63, 3.8) is 0 Å². The molecule has 4 nitrogen and oxygen atoms in total. The smallest absolute Gasteiger partial charge is 0.407 e. The molecule has 1 amide bonds. The van der Waals surface area contributed by atoms with E-state index in [4.69, 9.17) is 9.84 Å². The van der Waals surface area contributed by atoms with Crippen LogP contribution in [-0.2, 0) is 4.74 Å². The Hall–Kier alpha value is -1.03. The predicted molar refractivity (Wildman–Crippen MR) is 57.9 cm³/mol. The number of rotatable bonds is 4. The second kappa shape index (κ2) is 5.16. The zero-order chi connectivity index (χ0) is 11.4. The lowest BCUT2D eigenvalue weighted by atomic mass is 9.96. The normalized spacial score (nSPS) is 24.9. The molecule has 0 bridgehead atoms. The van der Waals surface area contributed by atoms with Crippen LogP contribution in [0.1, 0.15) is 19.8 Å². The number of nitrogens with zero attached hydrogens (tertiary/aromatic N) is 1. The van der Waals surface area contributed by atoms with Crippen molar-refractivity contribution in [2.45, 2.75) is 31.9 Å². The molecule has 1 N–H and O–H groups in total. The molecule has 0 aromatic carbocycles. The molecule has 3 atom stereocenters. The van der Waals surface area contributed by atoms with Crippen LogP contribution in [0.3, 0.4) is 0 Å². The highest BCUT2D eigenvalue weighted by molar-refractivity contribution is 5.65. The fourth-order valence-corrected chi connectivity index (χ4v) is 2.23. The van der Waals surface area contributed by atoms with E-state index >= 15 is 0 Å². The zero-order valence-electron chi connectivity index (χ0n) is 9.35. The number of ether oxygens (including phenoxy) is 1. The third-order valence-corrected chi connectivity index (χ3v) is 3.09. The second-order valence-corrected chi connectivity index (χ2v) is 3.98. The van der Waals surface area contributed by atoms with Gasteiger partial charge in [0.15, 0.2) is 0 Å². The summed E-state index contributed by atoms with van der Waals surface area (Å²) >= 11 is 0.